The monoisotopic (exact) mass is 537 g/mol. The lowest BCUT2D eigenvalue weighted by Crippen LogP contribution is -2.53. The molecule has 0 heterocycles. The van der Waals surface area contributed by atoms with Crippen molar-refractivity contribution in [1.82, 2.24) is 10.2 Å². The number of nitrogens with one attached hydrogen (secondary N) is 1. The number of benzene rings is 2. The minimum Gasteiger partial charge on any atom is -0.352 e. The fourth-order valence-electron chi connectivity index (χ4n) is 4.57. The normalized spacial score (nSPS) is 14.9. The van der Waals surface area contributed by atoms with E-state index < -0.39 is 34.3 Å². The highest BCUT2D eigenvalue weighted by molar-refractivity contribution is 7.92. The molecule has 0 saturated heterocycles. The van der Waals surface area contributed by atoms with Crippen LogP contribution in [0.2, 0.25) is 5.02 Å². The van der Waals surface area contributed by atoms with Crippen molar-refractivity contribution in [2.45, 2.75) is 64.6 Å². The Morgan fingerprint density at radius 2 is 1.78 bits per heavy atom. The number of carbonyl (C=O) groups is 2. The van der Waals surface area contributed by atoms with Crippen molar-refractivity contribution in [2.75, 3.05) is 17.1 Å². The molecule has 0 bridgehead atoms. The van der Waals surface area contributed by atoms with Gasteiger partial charge in [0.25, 0.3) is 0 Å². The van der Waals surface area contributed by atoms with E-state index in [1.807, 2.05) is 6.92 Å². The molecule has 1 aliphatic rings. The summed E-state index contributed by atoms with van der Waals surface area (Å²) in [5.74, 6) is -1.22. The fourth-order valence-corrected chi connectivity index (χ4v) is 5.70. The van der Waals surface area contributed by atoms with Crippen LogP contribution < -0.4 is 9.62 Å². The van der Waals surface area contributed by atoms with Crippen molar-refractivity contribution in [3.63, 3.8) is 0 Å². The standard InChI is InChI=1S/C26H33ClFN3O4S/c1-4-23(26(33)29-22-7-5-6-8-22)30(16-19-9-12-21(28)13-10-19)25(32)17-31(36(3,34)35)24-14-11-20(27)15-18(24)2/h9-15,22-23H,4-8,16-17H2,1-3H3,(H,29,33)/t23-/m1/s1. The van der Waals surface area contributed by atoms with E-state index in [4.69, 9.17) is 11.6 Å². The molecule has 2 aromatic carbocycles. The molecule has 7 nitrogen and oxygen atoms in total. The predicted octanol–water partition coefficient (Wildman–Crippen LogP) is 4.42. The lowest BCUT2D eigenvalue weighted by molar-refractivity contribution is -0.140. The van der Waals surface area contributed by atoms with Gasteiger partial charge in [-0.05, 0) is 67.6 Å². The second-order valence-corrected chi connectivity index (χ2v) is 11.6. The highest BCUT2D eigenvalue weighted by Crippen LogP contribution is 2.26. The first kappa shape index (κ1) is 27.9. The van der Waals surface area contributed by atoms with Gasteiger partial charge < -0.3 is 10.2 Å². The molecule has 1 N–H and O–H groups in total. The van der Waals surface area contributed by atoms with Gasteiger partial charge in [0.2, 0.25) is 21.8 Å². The molecule has 1 fully saturated rings. The number of aryl methyl sites for hydroxylation is 1. The summed E-state index contributed by atoms with van der Waals surface area (Å²) in [4.78, 5) is 28.3. The fraction of sp³-hybridized carbons (Fsp3) is 0.462. The Morgan fingerprint density at radius 3 is 2.33 bits per heavy atom. The van der Waals surface area contributed by atoms with Gasteiger partial charge in [0.15, 0.2) is 0 Å². The molecule has 0 aromatic heterocycles. The number of halogens is 2. The third-order valence-corrected chi connectivity index (χ3v) is 7.82. The van der Waals surface area contributed by atoms with Crippen molar-refractivity contribution in [2.24, 2.45) is 0 Å². The molecule has 36 heavy (non-hydrogen) atoms. The summed E-state index contributed by atoms with van der Waals surface area (Å²) in [7, 11) is -3.84. The van der Waals surface area contributed by atoms with Crippen LogP contribution in [0.25, 0.3) is 0 Å². The van der Waals surface area contributed by atoms with E-state index in [1.165, 1.54) is 17.0 Å². The van der Waals surface area contributed by atoms with E-state index in [2.05, 4.69) is 5.32 Å². The molecular weight excluding hydrogens is 505 g/mol. The van der Waals surface area contributed by atoms with Gasteiger partial charge >= 0.3 is 0 Å². The molecule has 0 unspecified atom stereocenters. The molecule has 1 saturated carbocycles. The minimum absolute atomic E-state index is 0.0346. The lowest BCUT2D eigenvalue weighted by Gasteiger charge is -2.33. The van der Waals surface area contributed by atoms with Crippen LogP contribution in [0, 0.1) is 12.7 Å². The minimum atomic E-state index is -3.84. The number of hydrogen-bond acceptors (Lipinski definition) is 4. The first-order valence-electron chi connectivity index (χ1n) is 12.1. The van der Waals surface area contributed by atoms with E-state index in [0.29, 0.717) is 28.3 Å². The molecule has 1 aliphatic carbocycles. The van der Waals surface area contributed by atoms with Gasteiger partial charge in [-0.25, -0.2) is 12.8 Å². The van der Waals surface area contributed by atoms with Gasteiger partial charge in [-0.2, -0.15) is 0 Å². The average molecular weight is 538 g/mol. The smallest absolute Gasteiger partial charge is 0.244 e. The second-order valence-electron chi connectivity index (χ2n) is 9.26. The maximum absolute atomic E-state index is 13.7. The van der Waals surface area contributed by atoms with Crippen molar-refractivity contribution < 1.29 is 22.4 Å². The average Bonchev–Trinajstić information content (AvgIpc) is 3.31. The number of carbonyl (C=O) groups excluding carboxylic acids is 2. The molecular formula is C26H33ClFN3O4S. The highest BCUT2D eigenvalue weighted by Gasteiger charge is 2.33. The predicted molar refractivity (Wildman–Crippen MR) is 140 cm³/mol. The molecule has 10 heteroatoms. The van der Waals surface area contributed by atoms with Gasteiger partial charge in [0, 0.05) is 17.6 Å². The topological polar surface area (TPSA) is 86.8 Å². The number of sulfonamides is 1. The van der Waals surface area contributed by atoms with Crippen LogP contribution in [0.4, 0.5) is 10.1 Å². The molecule has 0 aliphatic heterocycles. The Morgan fingerprint density at radius 1 is 1.14 bits per heavy atom. The molecule has 0 radical (unpaired) electrons. The molecule has 0 spiro atoms. The summed E-state index contributed by atoms with van der Waals surface area (Å²) < 4.78 is 40.0. The summed E-state index contributed by atoms with van der Waals surface area (Å²) >= 11 is 6.04. The van der Waals surface area contributed by atoms with E-state index in [9.17, 15) is 22.4 Å². The maximum Gasteiger partial charge on any atom is 0.244 e. The number of amides is 2. The van der Waals surface area contributed by atoms with Crippen LogP contribution >= 0.6 is 11.6 Å². The summed E-state index contributed by atoms with van der Waals surface area (Å²) in [6.45, 7) is 3.06. The molecule has 3 rings (SSSR count). The maximum atomic E-state index is 13.7. The van der Waals surface area contributed by atoms with Crippen LogP contribution in [-0.2, 0) is 26.2 Å². The third-order valence-electron chi connectivity index (χ3n) is 6.46. The first-order valence-corrected chi connectivity index (χ1v) is 14.3. The van der Waals surface area contributed by atoms with Gasteiger partial charge in [-0.15, -0.1) is 0 Å². The second kappa shape index (κ2) is 12.1. The quantitative estimate of drug-likeness (QED) is 0.486. The van der Waals surface area contributed by atoms with Crippen LogP contribution in [0.1, 0.15) is 50.2 Å². The highest BCUT2D eigenvalue weighted by atomic mass is 35.5. The zero-order valence-electron chi connectivity index (χ0n) is 20.8. The van der Waals surface area contributed by atoms with Crippen molar-refractivity contribution in [3.8, 4) is 0 Å². The van der Waals surface area contributed by atoms with Gasteiger partial charge in [0.05, 0.1) is 11.9 Å². The lowest BCUT2D eigenvalue weighted by atomic mass is 10.1. The molecule has 2 amide bonds. The molecule has 1 atom stereocenters. The van der Waals surface area contributed by atoms with Crippen molar-refractivity contribution >= 4 is 39.1 Å². The van der Waals surface area contributed by atoms with E-state index in [-0.39, 0.29) is 18.5 Å². The Kier molecular flexibility index (Phi) is 9.35. The number of nitrogens with zero attached hydrogens (tertiary/aromatic N) is 2. The summed E-state index contributed by atoms with van der Waals surface area (Å²) in [6.07, 6.45) is 5.25. The Balaban J connectivity index is 1.93. The van der Waals surface area contributed by atoms with Gasteiger partial charge in [-0.1, -0.05) is 43.5 Å². The van der Waals surface area contributed by atoms with E-state index in [0.717, 1.165) is 36.2 Å². The zero-order valence-corrected chi connectivity index (χ0v) is 22.4. The number of rotatable bonds is 10. The van der Waals surface area contributed by atoms with E-state index >= 15 is 0 Å². The van der Waals surface area contributed by atoms with E-state index in [1.54, 1.807) is 37.3 Å². The first-order chi connectivity index (χ1) is 17.0. The summed E-state index contributed by atoms with van der Waals surface area (Å²) in [5, 5.41) is 3.50. The van der Waals surface area contributed by atoms with Crippen molar-refractivity contribution in [3.05, 3.63) is 64.4 Å². The summed E-state index contributed by atoms with van der Waals surface area (Å²) in [6, 6.07) is 9.68. The molecule has 196 valence electrons. The van der Waals surface area contributed by atoms with Crippen LogP contribution in [0.3, 0.4) is 0 Å². The Hall–Kier alpha value is -2.65. The van der Waals surface area contributed by atoms with Crippen LogP contribution in [0.5, 0.6) is 0 Å². The number of anilines is 1. The number of hydrogen-bond donors (Lipinski definition) is 1. The Bertz CT molecular complexity index is 1180. The summed E-state index contributed by atoms with van der Waals surface area (Å²) in [5.41, 5.74) is 1.56. The SMILES string of the molecule is CC[C@H](C(=O)NC1CCCC1)N(Cc1ccc(F)cc1)C(=O)CN(c1ccc(Cl)cc1C)S(C)(=O)=O. The van der Waals surface area contributed by atoms with Gasteiger partial charge in [0.1, 0.15) is 18.4 Å². The van der Waals surface area contributed by atoms with Crippen LogP contribution in [-0.4, -0.2) is 50.0 Å². The van der Waals surface area contributed by atoms with Crippen LogP contribution in [0.15, 0.2) is 42.5 Å². The van der Waals surface area contributed by atoms with Gasteiger partial charge in [-0.3, -0.25) is 13.9 Å². The third kappa shape index (κ3) is 7.20. The zero-order chi connectivity index (χ0) is 26.5. The Labute approximate surface area is 217 Å². The van der Waals surface area contributed by atoms with Crippen molar-refractivity contribution in [1.29, 1.82) is 0 Å². The largest absolute Gasteiger partial charge is 0.352 e. The molecule has 2 aromatic rings.